The molecule has 0 atom stereocenters. The molecule has 0 saturated carbocycles. The molecule has 0 amide bonds. The monoisotopic (exact) mass is 194 g/mol. The molecule has 0 fully saturated rings. The molecule has 1 rings (SSSR count). The molecule has 3 nitrogen and oxygen atoms in total. The molecule has 0 bridgehead atoms. The molecule has 0 heterocycles. The van der Waals surface area contributed by atoms with Crippen LogP contribution < -0.4 is 4.74 Å². The molecule has 0 N–H and O–H groups in total. The van der Waals surface area contributed by atoms with Gasteiger partial charge in [0, 0.05) is 6.42 Å². The third-order valence-electron chi connectivity index (χ3n) is 1.76. The number of carbonyl (C=O) groups excluding carboxylic acids is 1. The third-order valence-corrected chi connectivity index (χ3v) is 1.76. The van der Waals surface area contributed by atoms with E-state index in [2.05, 4.69) is 0 Å². The summed E-state index contributed by atoms with van der Waals surface area (Å²) in [4.78, 5) is 10.8. The van der Waals surface area contributed by atoms with Crippen molar-refractivity contribution in [3.8, 4) is 5.75 Å². The maximum atomic E-state index is 10.8. The fraction of sp³-hybridized carbons (Fsp3) is 0.364. The van der Waals surface area contributed by atoms with Gasteiger partial charge in [0.15, 0.2) is 0 Å². The molecular weight excluding hydrogens is 180 g/mol. The average molecular weight is 194 g/mol. The van der Waals surface area contributed by atoms with Crippen LogP contribution in [0.1, 0.15) is 18.9 Å². The first kappa shape index (κ1) is 10.6. The number of benzene rings is 1. The molecular formula is C11H14O3. The van der Waals surface area contributed by atoms with Gasteiger partial charge in [0.2, 0.25) is 6.79 Å². The predicted octanol–water partition coefficient (Wildman–Crippen LogP) is 2.28. The highest BCUT2D eigenvalue weighted by Gasteiger charge is 1.98. The van der Waals surface area contributed by atoms with Crippen LogP contribution in [0.25, 0.3) is 0 Å². The number of esters is 1. The molecule has 0 aliphatic rings. The van der Waals surface area contributed by atoms with Gasteiger partial charge in [-0.3, -0.25) is 4.79 Å². The molecule has 76 valence electrons. The van der Waals surface area contributed by atoms with Crippen molar-refractivity contribution in [2.24, 2.45) is 0 Å². The highest BCUT2D eigenvalue weighted by atomic mass is 16.7. The van der Waals surface area contributed by atoms with Gasteiger partial charge in [-0.05, 0) is 19.1 Å². The maximum absolute atomic E-state index is 10.8. The Morgan fingerprint density at radius 2 is 1.93 bits per heavy atom. The smallest absolute Gasteiger partial charge is 0.308 e. The second-order valence-corrected chi connectivity index (χ2v) is 2.95. The second kappa shape index (κ2) is 5.27. The summed E-state index contributed by atoms with van der Waals surface area (Å²) in [5, 5.41) is 0. The van der Waals surface area contributed by atoms with Crippen molar-refractivity contribution in [1.82, 2.24) is 0 Å². The van der Waals surface area contributed by atoms with Crippen LogP contribution in [0.5, 0.6) is 5.75 Å². The topological polar surface area (TPSA) is 35.5 Å². The summed E-state index contributed by atoms with van der Waals surface area (Å²) < 4.78 is 9.95. The van der Waals surface area contributed by atoms with Crippen LogP contribution in [0.2, 0.25) is 0 Å². The molecule has 0 radical (unpaired) electrons. The Kier molecular flexibility index (Phi) is 3.98. The Morgan fingerprint density at radius 3 is 2.50 bits per heavy atom. The molecule has 0 saturated heterocycles. The highest BCUT2D eigenvalue weighted by molar-refractivity contribution is 5.68. The molecule has 0 spiro atoms. The zero-order valence-electron chi connectivity index (χ0n) is 8.45. The standard InChI is InChI=1S/C11H14O3/c1-3-11(12)14-8-13-10-6-4-9(2)5-7-10/h4-7H,3,8H2,1-2H3. The molecule has 14 heavy (non-hydrogen) atoms. The van der Waals surface area contributed by atoms with E-state index in [0.717, 1.165) is 0 Å². The largest absolute Gasteiger partial charge is 0.457 e. The number of rotatable bonds is 4. The van der Waals surface area contributed by atoms with Gasteiger partial charge in [-0.25, -0.2) is 0 Å². The number of ether oxygens (including phenoxy) is 2. The van der Waals surface area contributed by atoms with Crippen LogP contribution in [0, 0.1) is 6.92 Å². The molecule has 3 heteroatoms. The maximum Gasteiger partial charge on any atom is 0.308 e. The van der Waals surface area contributed by atoms with Crippen molar-refractivity contribution in [2.45, 2.75) is 20.3 Å². The molecule has 1 aromatic carbocycles. The van der Waals surface area contributed by atoms with Crippen molar-refractivity contribution in [1.29, 1.82) is 0 Å². The minimum atomic E-state index is -0.253. The van der Waals surface area contributed by atoms with Gasteiger partial charge in [0.25, 0.3) is 0 Å². The Labute approximate surface area is 83.6 Å². The van der Waals surface area contributed by atoms with E-state index in [1.54, 1.807) is 6.92 Å². The summed E-state index contributed by atoms with van der Waals surface area (Å²) in [6.45, 7) is 3.73. The Bertz CT molecular complexity index is 290. The lowest BCUT2D eigenvalue weighted by molar-refractivity contribution is -0.149. The number of hydrogen-bond acceptors (Lipinski definition) is 3. The quantitative estimate of drug-likeness (QED) is 0.545. The third kappa shape index (κ3) is 3.47. The Hall–Kier alpha value is -1.51. The van der Waals surface area contributed by atoms with Crippen LogP contribution in [0.15, 0.2) is 24.3 Å². The number of hydrogen-bond donors (Lipinski definition) is 0. The second-order valence-electron chi connectivity index (χ2n) is 2.95. The Morgan fingerprint density at radius 1 is 1.29 bits per heavy atom. The normalized spacial score (nSPS) is 9.57. The summed E-state index contributed by atoms with van der Waals surface area (Å²) in [5.41, 5.74) is 1.17. The predicted molar refractivity (Wildman–Crippen MR) is 53.1 cm³/mol. The lowest BCUT2D eigenvalue weighted by Gasteiger charge is -2.06. The van der Waals surface area contributed by atoms with E-state index >= 15 is 0 Å². The summed E-state index contributed by atoms with van der Waals surface area (Å²) in [6.07, 6.45) is 0.372. The number of aryl methyl sites for hydroxylation is 1. The van der Waals surface area contributed by atoms with E-state index in [1.807, 2.05) is 31.2 Å². The minimum absolute atomic E-state index is 0.0181. The highest BCUT2D eigenvalue weighted by Crippen LogP contribution is 2.11. The van der Waals surface area contributed by atoms with E-state index in [9.17, 15) is 4.79 Å². The van der Waals surface area contributed by atoms with Crippen LogP contribution in [0.4, 0.5) is 0 Å². The van der Waals surface area contributed by atoms with Crippen molar-refractivity contribution < 1.29 is 14.3 Å². The molecule has 0 unspecified atom stereocenters. The van der Waals surface area contributed by atoms with E-state index in [1.165, 1.54) is 5.56 Å². The average Bonchev–Trinajstić information content (AvgIpc) is 2.21. The lowest BCUT2D eigenvalue weighted by atomic mass is 10.2. The summed E-state index contributed by atoms with van der Waals surface area (Å²) in [5.74, 6) is 0.455. The molecule has 0 aromatic heterocycles. The van der Waals surface area contributed by atoms with Gasteiger partial charge >= 0.3 is 5.97 Å². The van der Waals surface area contributed by atoms with Gasteiger partial charge in [0.05, 0.1) is 0 Å². The van der Waals surface area contributed by atoms with Gasteiger partial charge < -0.3 is 9.47 Å². The first-order valence-corrected chi connectivity index (χ1v) is 4.57. The zero-order valence-corrected chi connectivity index (χ0v) is 8.45. The SMILES string of the molecule is CCC(=O)OCOc1ccc(C)cc1. The van der Waals surface area contributed by atoms with Crippen molar-refractivity contribution in [3.63, 3.8) is 0 Å². The molecule has 1 aromatic rings. The molecule has 0 aliphatic carbocycles. The van der Waals surface area contributed by atoms with Crippen LogP contribution >= 0.6 is 0 Å². The lowest BCUT2D eigenvalue weighted by Crippen LogP contribution is -2.08. The van der Waals surface area contributed by atoms with Gasteiger partial charge in [-0.15, -0.1) is 0 Å². The first-order valence-electron chi connectivity index (χ1n) is 4.57. The van der Waals surface area contributed by atoms with Gasteiger partial charge in [-0.1, -0.05) is 24.6 Å². The summed E-state index contributed by atoms with van der Waals surface area (Å²) in [7, 11) is 0. The first-order chi connectivity index (χ1) is 6.72. The van der Waals surface area contributed by atoms with E-state index in [4.69, 9.17) is 9.47 Å². The van der Waals surface area contributed by atoms with Crippen LogP contribution in [0.3, 0.4) is 0 Å². The Balaban J connectivity index is 2.31. The minimum Gasteiger partial charge on any atom is -0.457 e. The van der Waals surface area contributed by atoms with Crippen molar-refractivity contribution in [3.05, 3.63) is 29.8 Å². The fourth-order valence-corrected chi connectivity index (χ4v) is 0.900. The van der Waals surface area contributed by atoms with Crippen molar-refractivity contribution >= 4 is 5.97 Å². The zero-order chi connectivity index (χ0) is 10.4. The fourth-order valence-electron chi connectivity index (χ4n) is 0.900. The summed E-state index contributed by atoms with van der Waals surface area (Å²) in [6, 6.07) is 7.57. The van der Waals surface area contributed by atoms with E-state index in [-0.39, 0.29) is 12.8 Å². The summed E-state index contributed by atoms with van der Waals surface area (Å²) >= 11 is 0. The number of carbonyl (C=O) groups is 1. The molecule has 0 aliphatic heterocycles. The van der Waals surface area contributed by atoms with Crippen LogP contribution in [-0.4, -0.2) is 12.8 Å². The van der Waals surface area contributed by atoms with Crippen LogP contribution in [-0.2, 0) is 9.53 Å². The van der Waals surface area contributed by atoms with Gasteiger partial charge in [-0.2, -0.15) is 0 Å². The van der Waals surface area contributed by atoms with Gasteiger partial charge in [0.1, 0.15) is 5.75 Å². The van der Waals surface area contributed by atoms with Crippen molar-refractivity contribution in [2.75, 3.05) is 6.79 Å². The van der Waals surface area contributed by atoms with E-state index < -0.39 is 0 Å². The van der Waals surface area contributed by atoms with E-state index in [0.29, 0.717) is 12.2 Å².